The zero-order chi connectivity index (χ0) is 11.8. The van der Waals surface area contributed by atoms with Crippen LogP contribution < -0.4 is 0 Å². The van der Waals surface area contributed by atoms with Gasteiger partial charge in [-0.1, -0.05) is 12.1 Å². The van der Waals surface area contributed by atoms with Crippen LogP contribution in [0.3, 0.4) is 0 Å². The first-order valence-electron chi connectivity index (χ1n) is 5.43. The van der Waals surface area contributed by atoms with E-state index in [0.29, 0.717) is 0 Å². The Morgan fingerprint density at radius 2 is 1.82 bits per heavy atom. The SMILES string of the molecule is CC1(C)OB(/C=C/c2cn[nH]c2)OC1(C)C.Cl. The molecule has 1 aliphatic heterocycles. The zero-order valence-corrected chi connectivity index (χ0v) is 11.4. The van der Waals surface area contributed by atoms with Crippen molar-refractivity contribution in [3.05, 3.63) is 23.9 Å². The average molecular weight is 257 g/mol. The van der Waals surface area contributed by atoms with Gasteiger partial charge < -0.3 is 9.31 Å². The molecular weight excluding hydrogens is 238 g/mol. The van der Waals surface area contributed by atoms with Crippen LogP contribution in [0.4, 0.5) is 0 Å². The Balaban J connectivity index is 0.00000144. The Hall–Kier alpha value is -0.775. The molecule has 1 fully saturated rings. The van der Waals surface area contributed by atoms with Gasteiger partial charge in [0.25, 0.3) is 0 Å². The van der Waals surface area contributed by atoms with E-state index in [2.05, 4.69) is 10.2 Å². The summed E-state index contributed by atoms with van der Waals surface area (Å²) in [4.78, 5) is 0. The highest BCUT2D eigenvalue weighted by Crippen LogP contribution is 2.36. The second-order valence-corrected chi connectivity index (χ2v) is 5.02. The number of hydrogen-bond acceptors (Lipinski definition) is 3. The maximum atomic E-state index is 5.82. The lowest BCUT2D eigenvalue weighted by Crippen LogP contribution is -2.41. The molecule has 4 nitrogen and oxygen atoms in total. The summed E-state index contributed by atoms with van der Waals surface area (Å²) >= 11 is 0. The molecule has 94 valence electrons. The van der Waals surface area contributed by atoms with Crippen molar-refractivity contribution >= 4 is 25.6 Å². The molecule has 0 aliphatic carbocycles. The van der Waals surface area contributed by atoms with Crippen molar-refractivity contribution in [1.29, 1.82) is 0 Å². The topological polar surface area (TPSA) is 47.1 Å². The summed E-state index contributed by atoms with van der Waals surface area (Å²) in [7, 11) is -0.292. The van der Waals surface area contributed by atoms with Crippen molar-refractivity contribution in [3.8, 4) is 0 Å². The summed E-state index contributed by atoms with van der Waals surface area (Å²) in [5.74, 6) is 1.90. The first-order valence-corrected chi connectivity index (χ1v) is 5.43. The van der Waals surface area contributed by atoms with Crippen LogP contribution >= 0.6 is 12.4 Å². The van der Waals surface area contributed by atoms with Crippen LogP contribution in [-0.4, -0.2) is 28.5 Å². The number of halogens is 1. The summed E-state index contributed by atoms with van der Waals surface area (Å²) in [6, 6.07) is 0. The smallest absolute Gasteiger partial charge is 0.400 e. The van der Waals surface area contributed by atoms with Crippen LogP contribution in [0.15, 0.2) is 18.4 Å². The lowest BCUT2D eigenvalue weighted by atomic mass is 9.89. The molecule has 0 saturated carbocycles. The van der Waals surface area contributed by atoms with Gasteiger partial charge in [-0.05, 0) is 27.7 Å². The molecule has 2 rings (SSSR count). The minimum absolute atomic E-state index is 0. The fourth-order valence-electron chi connectivity index (χ4n) is 1.51. The zero-order valence-electron chi connectivity index (χ0n) is 10.6. The number of aromatic nitrogens is 2. The van der Waals surface area contributed by atoms with Gasteiger partial charge in [-0.25, -0.2) is 0 Å². The first-order chi connectivity index (χ1) is 7.41. The van der Waals surface area contributed by atoms with E-state index in [4.69, 9.17) is 9.31 Å². The summed E-state index contributed by atoms with van der Waals surface area (Å²) in [5, 5.41) is 6.62. The molecule has 0 amide bonds. The molecule has 17 heavy (non-hydrogen) atoms. The summed E-state index contributed by atoms with van der Waals surface area (Å²) in [5.41, 5.74) is 0.450. The van der Waals surface area contributed by atoms with Gasteiger partial charge >= 0.3 is 7.12 Å². The number of nitrogens with zero attached hydrogens (tertiary/aromatic N) is 1. The Morgan fingerprint density at radius 1 is 1.24 bits per heavy atom. The Labute approximate surface area is 108 Å². The van der Waals surface area contributed by atoms with Gasteiger partial charge in [0.2, 0.25) is 0 Å². The number of H-pyrrole nitrogens is 1. The fourth-order valence-corrected chi connectivity index (χ4v) is 1.51. The third kappa shape index (κ3) is 2.91. The molecule has 0 radical (unpaired) electrons. The van der Waals surface area contributed by atoms with Crippen molar-refractivity contribution in [1.82, 2.24) is 10.2 Å². The monoisotopic (exact) mass is 256 g/mol. The number of rotatable bonds is 2. The molecule has 1 aromatic rings. The highest BCUT2D eigenvalue weighted by Gasteiger charge is 2.49. The third-order valence-electron chi connectivity index (χ3n) is 3.24. The molecule has 6 heteroatoms. The highest BCUT2D eigenvalue weighted by atomic mass is 35.5. The molecule has 0 spiro atoms. The molecule has 0 unspecified atom stereocenters. The predicted molar refractivity (Wildman–Crippen MR) is 71.0 cm³/mol. The molecule has 1 N–H and O–H groups in total. The van der Waals surface area contributed by atoms with Gasteiger partial charge in [0, 0.05) is 11.8 Å². The first kappa shape index (κ1) is 14.3. The van der Waals surface area contributed by atoms with E-state index in [1.165, 1.54) is 0 Å². The lowest BCUT2D eigenvalue weighted by molar-refractivity contribution is 0.00578. The predicted octanol–water partition coefficient (Wildman–Crippen LogP) is 2.48. The quantitative estimate of drug-likeness (QED) is 0.827. The minimum Gasteiger partial charge on any atom is -0.400 e. The number of hydrogen-bond donors (Lipinski definition) is 1. The van der Waals surface area contributed by atoms with Crippen molar-refractivity contribution in [2.75, 3.05) is 0 Å². The maximum Gasteiger partial charge on any atom is 0.487 e. The van der Waals surface area contributed by atoms with Crippen LogP contribution in [0.25, 0.3) is 6.08 Å². The summed E-state index contributed by atoms with van der Waals surface area (Å²) in [6.45, 7) is 8.16. The maximum absolute atomic E-state index is 5.82. The minimum atomic E-state index is -0.292. The lowest BCUT2D eigenvalue weighted by Gasteiger charge is -2.32. The van der Waals surface area contributed by atoms with Crippen molar-refractivity contribution in [3.63, 3.8) is 0 Å². The van der Waals surface area contributed by atoms with Gasteiger partial charge in [0.05, 0.1) is 17.4 Å². The Kier molecular flexibility index (Phi) is 4.07. The van der Waals surface area contributed by atoms with Gasteiger partial charge in [-0.15, -0.1) is 12.4 Å². The van der Waals surface area contributed by atoms with Gasteiger partial charge in [-0.2, -0.15) is 5.10 Å². The number of nitrogens with one attached hydrogen (secondary N) is 1. The standard InChI is InChI=1S/C11H17BN2O2.ClH/c1-10(2)11(3,4)16-12(15-10)6-5-9-7-13-14-8-9;/h5-8H,1-4H3,(H,13,14);1H/b6-5+;. The molecule has 0 atom stereocenters. The van der Waals surface area contributed by atoms with Crippen LogP contribution in [0.5, 0.6) is 0 Å². The Bertz CT molecular complexity index is 374. The van der Waals surface area contributed by atoms with E-state index in [0.717, 1.165) is 5.56 Å². The van der Waals surface area contributed by atoms with Gasteiger partial charge in [-0.3, -0.25) is 5.10 Å². The van der Waals surface area contributed by atoms with Crippen LogP contribution in [0, 0.1) is 0 Å². The fraction of sp³-hybridized carbons (Fsp3) is 0.545. The third-order valence-corrected chi connectivity index (χ3v) is 3.24. The van der Waals surface area contributed by atoms with Crippen molar-refractivity contribution in [2.24, 2.45) is 0 Å². The molecule has 0 aromatic carbocycles. The van der Waals surface area contributed by atoms with Crippen LogP contribution in [0.1, 0.15) is 33.3 Å². The molecule has 1 saturated heterocycles. The second kappa shape index (κ2) is 4.84. The Morgan fingerprint density at radius 3 is 2.29 bits per heavy atom. The molecule has 1 aliphatic rings. The van der Waals surface area contributed by atoms with Crippen LogP contribution in [-0.2, 0) is 9.31 Å². The molecule has 1 aromatic heterocycles. The van der Waals surface area contributed by atoms with E-state index in [-0.39, 0.29) is 30.7 Å². The summed E-state index contributed by atoms with van der Waals surface area (Å²) < 4.78 is 11.6. The van der Waals surface area contributed by atoms with Gasteiger partial charge in [0.1, 0.15) is 0 Å². The van der Waals surface area contributed by atoms with E-state index in [1.807, 2.05) is 45.9 Å². The van der Waals surface area contributed by atoms with E-state index >= 15 is 0 Å². The van der Waals surface area contributed by atoms with E-state index < -0.39 is 0 Å². The van der Waals surface area contributed by atoms with Crippen molar-refractivity contribution in [2.45, 2.75) is 38.9 Å². The number of aromatic amines is 1. The normalized spacial score (nSPS) is 21.8. The molecule has 2 heterocycles. The van der Waals surface area contributed by atoms with Crippen molar-refractivity contribution < 1.29 is 9.31 Å². The second-order valence-electron chi connectivity index (χ2n) is 5.02. The van der Waals surface area contributed by atoms with Crippen LogP contribution in [0.2, 0.25) is 0 Å². The van der Waals surface area contributed by atoms with E-state index in [9.17, 15) is 0 Å². The van der Waals surface area contributed by atoms with Gasteiger partial charge in [0.15, 0.2) is 0 Å². The molecular formula is C11H18BClN2O2. The highest BCUT2D eigenvalue weighted by molar-refractivity contribution is 6.52. The average Bonchev–Trinajstić information content (AvgIpc) is 2.70. The molecule has 0 bridgehead atoms. The summed E-state index contributed by atoms with van der Waals surface area (Å²) in [6.07, 6.45) is 5.51. The van der Waals surface area contributed by atoms with E-state index in [1.54, 1.807) is 6.20 Å². The largest absolute Gasteiger partial charge is 0.487 e.